The van der Waals surface area contributed by atoms with Crippen LogP contribution < -0.4 is 10.5 Å². The number of aromatic nitrogens is 2. The molecule has 2 rings (SSSR count). The molecule has 0 unspecified atom stereocenters. The number of hydrogen-bond donors (Lipinski definition) is 1. The highest BCUT2D eigenvalue weighted by Gasteiger charge is 2.06. The van der Waals surface area contributed by atoms with E-state index >= 15 is 0 Å². The third kappa shape index (κ3) is 3.15. The fourth-order valence-electron chi connectivity index (χ4n) is 1.20. The van der Waals surface area contributed by atoms with Crippen LogP contribution in [-0.2, 0) is 6.54 Å². The lowest BCUT2D eigenvalue weighted by Crippen LogP contribution is -2.01. The Morgan fingerprint density at radius 3 is 2.88 bits per heavy atom. The highest BCUT2D eigenvalue weighted by molar-refractivity contribution is 9.10. The predicted octanol–water partition coefficient (Wildman–Crippen LogP) is 3.14. The van der Waals surface area contributed by atoms with Crippen LogP contribution in [0.1, 0.15) is 5.69 Å². The molecule has 0 radical (unpaired) electrons. The first-order valence-corrected chi connectivity index (χ1v) is 6.01. The maximum atomic E-state index is 6.02. The first kappa shape index (κ1) is 12.3. The lowest BCUT2D eigenvalue weighted by Gasteiger charge is -2.06. The van der Waals surface area contributed by atoms with Gasteiger partial charge in [-0.05, 0) is 24.3 Å². The van der Waals surface area contributed by atoms with Crippen LogP contribution in [0.5, 0.6) is 11.8 Å². The summed E-state index contributed by atoms with van der Waals surface area (Å²) >= 11 is 9.33. The maximum Gasteiger partial charge on any atom is 0.322 e. The molecular formula is C11H9BrClN3O. The number of nitrogens with two attached hydrogens (primary N) is 1. The molecule has 0 atom stereocenters. The molecule has 4 nitrogen and oxygen atoms in total. The number of halogens is 2. The van der Waals surface area contributed by atoms with Crippen LogP contribution >= 0.6 is 27.5 Å². The van der Waals surface area contributed by atoms with E-state index in [0.29, 0.717) is 23.0 Å². The third-order valence-electron chi connectivity index (χ3n) is 2.00. The Morgan fingerprint density at radius 2 is 2.18 bits per heavy atom. The van der Waals surface area contributed by atoms with E-state index in [1.54, 1.807) is 24.4 Å². The molecule has 0 saturated heterocycles. The molecule has 0 aliphatic carbocycles. The van der Waals surface area contributed by atoms with Gasteiger partial charge in [-0.3, -0.25) is 0 Å². The van der Waals surface area contributed by atoms with Gasteiger partial charge in [0.1, 0.15) is 5.75 Å². The first-order valence-electron chi connectivity index (χ1n) is 4.84. The van der Waals surface area contributed by atoms with E-state index in [9.17, 15) is 0 Å². The van der Waals surface area contributed by atoms with E-state index in [-0.39, 0.29) is 6.01 Å². The normalized spacial score (nSPS) is 10.3. The van der Waals surface area contributed by atoms with Gasteiger partial charge < -0.3 is 10.5 Å². The van der Waals surface area contributed by atoms with Crippen LogP contribution in [0.4, 0.5) is 0 Å². The Kier molecular flexibility index (Phi) is 3.93. The number of benzene rings is 1. The number of hydrogen-bond acceptors (Lipinski definition) is 4. The van der Waals surface area contributed by atoms with Crippen molar-refractivity contribution in [1.29, 1.82) is 0 Å². The van der Waals surface area contributed by atoms with Crippen LogP contribution in [0.2, 0.25) is 5.02 Å². The van der Waals surface area contributed by atoms with E-state index in [0.717, 1.165) is 4.47 Å². The van der Waals surface area contributed by atoms with Crippen molar-refractivity contribution in [2.45, 2.75) is 6.54 Å². The second-order valence-corrected chi connectivity index (χ2v) is 4.53. The van der Waals surface area contributed by atoms with E-state index in [1.807, 2.05) is 6.07 Å². The van der Waals surface area contributed by atoms with Gasteiger partial charge in [-0.25, -0.2) is 4.98 Å². The molecule has 0 amide bonds. The largest absolute Gasteiger partial charge is 0.423 e. The van der Waals surface area contributed by atoms with Crippen molar-refractivity contribution >= 4 is 27.5 Å². The van der Waals surface area contributed by atoms with Crippen molar-refractivity contribution in [3.63, 3.8) is 0 Å². The highest BCUT2D eigenvalue weighted by Crippen LogP contribution is 2.30. The van der Waals surface area contributed by atoms with Gasteiger partial charge in [0.15, 0.2) is 0 Å². The minimum atomic E-state index is 0.233. The molecule has 2 aromatic rings. The fraction of sp³-hybridized carbons (Fsp3) is 0.0909. The standard InChI is InChI=1S/C11H9BrClN3O/c12-7-1-2-10(9(13)5-7)17-11-15-4-3-8(6-14)16-11/h1-5H,6,14H2. The zero-order valence-corrected chi connectivity index (χ0v) is 11.1. The second-order valence-electron chi connectivity index (χ2n) is 3.21. The number of rotatable bonds is 3. The summed E-state index contributed by atoms with van der Waals surface area (Å²) in [6.07, 6.45) is 1.59. The summed E-state index contributed by atoms with van der Waals surface area (Å²) in [6, 6.07) is 7.27. The lowest BCUT2D eigenvalue weighted by atomic mass is 10.3. The zero-order chi connectivity index (χ0) is 12.3. The molecule has 17 heavy (non-hydrogen) atoms. The Labute approximate surface area is 112 Å². The van der Waals surface area contributed by atoms with E-state index in [1.165, 1.54) is 0 Å². The van der Waals surface area contributed by atoms with Crippen LogP contribution in [0.3, 0.4) is 0 Å². The molecule has 6 heteroatoms. The quantitative estimate of drug-likeness (QED) is 0.945. The van der Waals surface area contributed by atoms with Gasteiger partial charge in [-0.1, -0.05) is 27.5 Å². The van der Waals surface area contributed by atoms with Crippen LogP contribution in [0, 0.1) is 0 Å². The van der Waals surface area contributed by atoms with Crippen LogP contribution in [0.15, 0.2) is 34.9 Å². The molecule has 1 aromatic heterocycles. The summed E-state index contributed by atoms with van der Waals surface area (Å²) in [6.45, 7) is 0.340. The molecule has 0 saturated carbocycles. The summed E-state index contributed by atoms with van der Waals surface area (Å²) in [5.74, 6) is 0.504. The van der Waals surface area contributed by atoms with Crippen LogP contribution in [-0.4, -0.2) is 9.97 Å². The minimum Gasteiger partial charge on any atom is -0.423 e. The van der Waals surface area contributed by atoms with Gasteiger partial charge in [0.05, 0.1) is 10.7 Å². The maximum absolute atomic E-state index is 6.02. The number of ether oxygens (including phenoxy) is 1. The van der Waals surface area contributed by atoms with E-state index in [4.69, 9.17) is 22.1 Å². The van der Waals surface area contributed by atoms with Gasteiger partial charge in [0.2, 0.25) is 0 Å². The zero-order valence-electron chi connectivity index (χ0n) is 8.73. The average molecular weight is 315 g/mol. The molecule has 1 heterocycles. The molecular weight excluding hydrogens is 305 g/mol. The Morgan fingerprint density at radius 1 is 1.35 bits per heavy atom. The SMILES string of the molecule is NCc1ccnc(Oc2ccc(Br)cc2Cl)n1. The average Bonchev–Trinajstić information content (AvgIpc) is 2.33. The van der Waals surface area contributed by atoms with Crippen molar-refractivity contribution in [2.75, 3.05) is 0 Å². The number of nitrogens with zero attached hydrogens (tertiary/aromatic N) is 2. The Balaban J connectivity index is 2.25. The highest BCUT2D eigenvalue weighted by atomic mass is 79.9. The monoisotopic (exact) mass is 313 g/mol. The smallest absolute Gasteiger partial charge is 0.322 e. The van der Waals surface area contributed by atoms with Crippen molar-refractivity contribution in [3.8, 4) is 11.8 Å². The molecule has 0 fully saturated rings. The molecule has 1 aromatic carbocycles. The third-order valence-corrected chi connectivity index (χ3v) is 2.78. The van der Waals surface area contributed by atoms with Gasteiger partial charge in [-0.2, -0.15) is 4.98 Å². The topological polar surface area (TPSA) is 61.0 Å². The molecule has 0 bridgehead atoms. The van der Waals surface area contributed by atoms with Crippen LogP contribution in [0.25, 0.3) is 0 Å². The molecule has 88 valence electrons. The molecule has 0 aliphatic heterocycles. The molecule has 0 spiro atoms. The summed E-state index contributed by atoms with van der Waals surface area (Å²) in [7, 11) is 0. The van der Waals surface area contributed by atoms with Crippen molar-refractivity contribution in [3.05, 3.63) is 45.7 Å². The van der Waals surface area contributed by atoms with Gasteiger partial charge in [0.25, 0.3) is 0 Å². The van der Waals surface area contributed by atoms with Gasteiger partial charge >= 0.3 is 6.01 Å². The van der Waals surface area contributed by atoms with Crippen molar-refractivity contribution < 1.29 is 4.74 Å². The van der Waals surface area contributed by atoms with Crippen molar-refractivity contribution in [2.24, 2.45) is 5.73 Å². The van der Waals surface area contributed by atoms with E-state index < -0.39 is 0 Å². The second kappa shape index (κ2) is 5.44. The summed E-state index contributed by atoms with van der Waals surface area (Å²) in [4.78, 5) is 8.11. The summed E-state index contributed by atoms with van der Waals surface area (Å²) in [5, 5.41) is 0.487. The lowest BCUT2D eigenvalue weighted by molar-refractivity contribution is 0.439. The predicted molar refractivity (Wildman–Crippen MR) is 69.1 cm³/mol. The van der Waals surface area contributed by atoms with E-state index in [2.05, 4.69) is 25.9 Å². The van der Waals surface area contributed by atoms with Gasteiger partial charge in [0, 0.05) is 17.2 Å². The summed E-state index contributed by atoms with van der Waals surface area (Å²) in [5.41, 5.74) is 6.20. The first-order chi connectivity index (χ1) is 8.19. The Bertz CT molecular complexity index is 536. The van der Waals surface area contributed by atoms with Gasteiger partial charge in [-0.15, -0.1) is 0 Å². The molecule has 0 aliphatic rings. The summed E-state index contributed by atoms with van der Waals surface area (Å²) < 4.78 is 6.36. The Hall–Kier alpha value is -1.17. The van der Waals surface area contributed by atoms with Crippen molar-refractivity contribution in [1.82, 2.24) is 9.97 Å². The fourth-order valence-corrected chi connectivity index (χ4v) is 1.91. The molecule has 2 N–H and O–H groups in total. The minimum absolute atomic E-state index is 0.233.